The lowest BCUT2D eigenvalue weighted by atomic mass is 10.1. The summed E-state index contributed by atoms with van der Waals surface area (Å²) >= 11 is 0. The molecule has 0 fully saturated rings. The molecule has 0 aromatic rings. The molecule has 0 nitrogen and oxygen atoms in total. The van der Waals surface area contributed by atoms with Crippen LogP contribution in [0.15, 0.2) is 36.0 Å². The number of hydrogen-bond donors (Lipinski definition) is 0. The number of unbranched alkanes of at least 4 members (excludes halogenated alkanes) is 3. The summed E-state index contributed by atoms with van der Waals surface area (Å²) in [5.74, 6) is 0. The van der Waals surface area contributed by atoms with Crippen LogP contribution in [0, 0.1) is 0 Å². The van der Waals surface area contributed by atoms with Crippen LogP contribution in [0.25, 0.3) is 0 Å². The van der Waals surface area contributed by atoms with Crippen LogP contribution in [0.1, 0.15) is 52.9 Å². The highest BCUT2D eigenvalue weighted by Crippen LogP contribution is 2.11. The molecule has 0 aliphatic rings. The Hall–Kier alpha value is -0.780. The molecule has 0 radical (unpaired) electrons. The Kier molecular flexibility index (Phi) is 8.31. The Labute approximate surface area is 89.4 Å². The first-order valence-electron chi connectivity index (χ1n) is 5.67. The molecule has 0 amide bonds. The summed E-state index contributed by atoms with van der Waals surface area (Å²) in [6.07, 6.45) is 12.8. The minimum absolute atomic E-state index is 1.17. The van der Waals surface area contributed by atoms with Crippen molar-refractivity contribution in [3.63, 3.8) is 0 Å². The van der Waals surface area contributed by atoms with Crippen LogP contribution in [0.4, 0.5) is 0 Å². The van der Waals surface area contributed by atoms with Gasteiger partial charge < -0.3 is 0 Å². The summed E-state index contributed by atoms with van der Waals surface area (Å²) < 4.78 is 0. The normalized spacial score (nSPS) is 11.2. The van der Waals surface area contributed by atoms with Gasteiger partial charge in [0.05, 0.1) is 0 Å². The first kappa shape index (κ1) is 13.2. The molecule has 0 aromatic heterocycles. The molecule has 14 heavy (non-hydrogen) atoms. The summed E-state index contributed by atoms with van der Waals surface area (Å²) in [5, 5.41) is 0. The van der Waals surface area contributed by atoms with E-state index in [1.807, 2.05) is 6.08 Å². The molecule has 0 rings (SSSR count). The molecule has 0 aromatic carbocycles. The van der Waals surface area contributed by atoms with Gasteiger partial charge in [-0.1, -0.05) is 56.6 Å². The van der Waals surface area contributed by atoms with E-state index in [9.17, 15) is 0 Å². The molecule has 0 unspecified atom stereocenters. The predicted molar refractivity (Wildman–Crippen MR) is 66.5 cm³/mol. The fourth-order valence-corrected chi connectivity index (χ4v) is 1.28. The third-order valence-electron chi connectivity index (χ3n) is 2.21. The van der Waals surface area contributed by atoms with Gasteiger partial charge in [-0.05, 0) is 32.3 Å². The lowest BCUT2D eigenvalue weighted by Gasteiger charge is -2.00. The van der Waals surface area contributed by atoms with Gasteiger partial charge in [-0.25, -0.2) is 0 Å². The Balaban J connectivity index is 3.85. The van der Waals surface area contributed by atoms with E-state index in [1.165, 1.54) is 43.3 Å². The first-order chi connectivity index (χ1) is 6.70. The molecule has 0 aliphatic heterocycles. The zero-order valence-corrected chi connectivity index (χ0v) is 9.97. The van der Waals surface area contributed by atoms with Crippen LogP contribution in [-0.4, -0.2) is 0 Å². The third kappa shape index (κ3) is 7.85. The minimum atomic E-state index is 1.17. The van der Waals surface area contributed by atoms with Crippen molar-refractivity contribution in [1.82, 2.24) is 0 Å². The average molecular weight is 192 g/mol. The number of hydrogen-bond acceptors (Lipinski definition) is 0. The van der Waals surface area contributed by atoms with E-state index in [1.54, 1.807) is 0 Å². The molecule has 80 valence electrons. The van der Waals surface area contributed by atoms with Crippen molar-refractivity contribution >= 4 is 0 Å². The van der Waals surface area contributed by atoms with Gasteiger partial charge in [0, 0.05) is 0 Å². The summed E-state index contributed by atoms with van der Waals surface area (Å²) in [7, 11) is 0. The van der Waals surface area contributed by atoms with Crippen LogP contribution < -0.4 is 0 Å². The summed E-state index contributed by atoms with van der Waals surface area (Å²) in [6, 6.07) is 0. The van der Waals surface area contributed by atoms with Crippen molar-refractivity contribution in [2.75, 3.05) is 0 Å². The first-order valence-corrected chi connectivity index (χ1v) is 5.67. The summed E-state index contributed by atoms with van der Waals surface area (Å²) in [6.45, 7) is 10.3. The molecular weight excluding hydrogens is 168 g/mol. The maximum absolute atomic E-state index is 3.84. The van der Waals surface area contributed by atoms with Crippen LogP contribution in [0.2, 0.25) is 0 Å². The molecule has 0 heteroatoms. The van der Waals surface area contributed by atoms with Gasteiger partial charge in [-0.3, -0.25) is 0 Å². The minimum Gasteiger partial charge on any atom is -0.0988 e. The van der Waals surface area contributed by atoms with E-state index in [-0.39, 0.29) is 0 Å². The molecule has 0 bridgehead atoms. The van der Waals surface area contributed by atoms with Gasteiger partial charge in [0.2, 0.25) is 0 Å². The average Bonchev–Trinajstić information content (AvgIpc) is 2.16. The van der Waals surface area contributed by atoms with Gasteiger partial charge >= 0.3 is 0 Å². The van der Waals surface area contributed by atoms with Crippen LogP contribution in [0.5, 0.6) is 0 Å². The van der Waals surface area contributed by atoms with E-state index in [4.69, 9.17) is 0 Å². The lowest BCUT2D eigenvalue weighted by molar-refractivity contribution is 0.668. The highest BCUT2D eigenvalue weighted by Gasteiger charge is 1.91. The molecule has 0 spiro atoms. The lowest BCUT2D eigenvalue weighted by Crippen LogP contribution is -1.80. The molecule has 0 aliphatic carbocycles. The zero-order valence-electron chi connectivity index (χ0n) is 9.97. The fraction of sp³-hybridized carbons (Fsp3) is 0.571. The zero-order chi connectivity index (χ0) is 10.8. The van der Waals surface area contributed by atoms with Crippen LogP contribution >= 0.6 is 0 Å². The van der Waals surface area contributed by atoms with E-state index >= 15 is 0 Å². The van der Waals surface area contributed by atoms with Gasteiger partial charge in [-0.15, -0.1) is 0 Å². The second kappa shape index (κ2) is 8.80. The molecule has 0 saturated heterocycles. The van der Waals surface area contributed by atoms with Crippen LogP contribution in [-0.2, 0) is 0 Å². The van der Waals surface area contributed by atoms with E-state index in [2.05, 4.69) is 39.5 Å². The fourth-order valence-electron chi connectivity index (χ4n) is 1.28. The maximum atomic E-state index is 3.84. The Morgan fingerprint density at radius 1 is 1.07 bits per heavy atom. The highest BCUT2D eigenvalue weighted by molar-refractivity contribution is 5.23. The van der Waals surface area contributed by atoms with Crippen LogP contribution in [0.3, 0.4) is 0 Å². The molecule has 0 saturated carbocycles. The van der Waals surface area contributed by atoms with Gasteiger partial charge in [-0.2, -0.15) is 0 Å². The SMILES string of the molecule is C=CC(=CC=C(C)C)CCCCCC. The number of rotatable bonds is 7. The Morgan fingerprint density at radius 3 is 2.29 bits per heavy atom. The summed E-state index contributed by atoms with van der Waals surface area (Å²) in [5.41, 5.74) is 2.71. The van der Waals surface area contributed by atoms with Crippen molar-refractivity contribution in [3.05, 3.63) is 36.0 Å². The van der Waals surface area contributed by atoms with E-state index in [0.717, 1.165) is 0 Å². The van der Waals surface area contributed by atoms with E-state index in [0.29, 0.717) is 0 Å². The van der Waals surface area contributed by atoms with Crippen molar-refractivity contribution in [1.29, 1.82) is 0 Å². The number of allylic oxidation sites excluding steroid dienone is 5. The topological polar surface area (TPSA) is 0 Å². The van der Waals surface area contributed by atoms with Gasteiger partial charge in [0.1, 0.15) is 0 Å². The van der Waals surface area contributed by atoms with Gasteiger partial charge in [0.25, 0.3) is 0 Å². The van der Waals surface area contributed by atoms with Crippen molar-refractivity contribution in [2.24, 2.45) is 0 Å². The third-order valence-corrected chi connectivity index (χ3v) is 2.21. The second-order valence-electron chi connectivity index (χ2n) is 4.00. The van der Waals surface area contributed by atoms with Crippen molar-refractivity contribution < 1.29 is 0 Å². The quantitative estimate of drug-likeness (QED) is 0.392. The Bertz CT molecular complexity index is 202. The molecular formula is C14H24. The summed E-state index contributed by atoms with van der Waals surface area (Å²) in [4.78, 5) is 0. The molecule has 0 heterocycles. The van der Waals surface area contributed by atoms with Crippen molar-refractivity contribution in [2.45, 2.75) is 52.9 Å². The maximum Gasteiger partial charge on any atom is -0.0279 e. The highest BCUT2D eigenvalue weighted by atomic mass is 14.0. The smallest absolute Gasteiger partial charge is 0.0279 e. The monoisotopic (exact) mass is 192 g/mol. The Morgan fingerprint density at radius 2 is 1.79 bits per heavy atom. The van der Waals surface area contributed by atoms with E-state index < -0.39 is 0 Å². The van der Waals surface area contributed by atoms with Gasteiger partial charge in [0.15, 0.2) is 0 Å². The van der Waals surface area contributed by atoms with Crippen molar-refractivity contribution in [3.8, 4) is 0 Å². The molecule has 0 N–H and O–H groups in total. The largest absolute Gasteiger partial charge is 0.0988 e. The second-order valence-corrected chi connectivity index (χ2v) is 4.00. The predicted octanol–water partition coefficient (Wildman–Crippen LogP) is 5.04. The molecule has 0 atom stereocenters. The standard InChI is InChI=1S/C14H24/c1-5-7-8-9-10-14(6-2)12-11-13(3)4/h6,11-12H,2,5,7-10H2,1,3-4H3.